The van der Waals surface area contributed by atoms with Crippen LogP contribution in [0.1, 0.15) is 29.5 Å². The first-order valence-electron chi connectivity index (χ1n) is 8.68. The van der Waals surface area contributed by atoms with Gasteiger partial charge in [0.2, 0.25) is 0 Å². The van der Waals surface area contributed by atoms with E-state index >= 15 is 0 Å². The SMILES string of the molecule is Clc1ccc(C2(c3ccc(C4=CN=COC4)cc3)CCNCC2)cc1. The van der Waals surface area contributed by atoms with Crippen LogP contribution in [0.5, 0.6) is 0 Å². The van der Waals surface area contributed by atoms with E-state index in [2.05, 4.69) is 46.7 Å². The number of rotatable bonds is 3. The fourth-order valence-electron chi connectivity index (χ4n) is 3.86. The van der Waals surface area contributed by atoms with E-state index < -0.39 is 0 Å². The minimum absolute atomic E-state index is 0.0456. The second-order valence-corrected chi connectivity index (χ2v) is 7.07. The molecular weight excluding hydrogens is 332 g/mol. The number of hydrogen-bond acceptors (Lipinski definition) is 3. The molecule has 1 N–H and O–H groups in total. The Balaban J connectivity index is 1.71. The molecule has 0 amide bonds. The first-order valence-corrected chi connectivity index (χ1v) is 9.06. The third kappa shape index (κ3) is 3.22. The van der Waals surface area contributed by atoms with E-state index in [9.17, 15) is 0 Å². The van der Waals surface area contributed by atoms with Crippen LogP contribution in [0.2, 0.25) is 5.02 Å². The van der Waals surface area contributed by atoms with Crippen molar-refractivity contribution in [1.29, 1.82) is 0 Å². The Bertz CT molecular complexity index is 788. The predicted molar refractivity (Wildman–Crippen MR) is 103 cm³/mol. The fourth-order valence-corrected chi connectivity index (χ4v) is 3.98. The number of nitrogens with zero attached hydrogens (tertiary/aromatic N) is 1. The van der Waals surface area contributed by atoms with Gasteiger partial charge in [-0.2, -0.15) is 0 Å². The lowest BCUT2D eigenvalue weighted by atomic mass is 9.68. The summed E-state index contributed by atoms with van der Waals surface area (Å²) in [6.07, 6.45) is 5.54. The van der Waals surface area contributed by atoms with Crippen LogP contribution in [0.4, 0.5) is 0 Å². The van der Waals surface area contributed by atoms with Crippen molar-refractivity contribution < 1.29 is 4.74 Å². The zero-order valence-electron chi connectivity index (χ0n) is 14.0. The first-order chi connectivity index (χ1) is 12.3. The van der Waals surface area contributed by atoms with E-state index in [1.165, 1.54) is 23.1 Å². The third-order valence-electron chi connectivity index (χ3n) is 5.27. The van der Waals surface area contributed by atoms with E-state index in [0.29, 0.717) is 6.61 Å². The van der Waals surface area contributed by atoms with Crippen molar-refractivity contribution in [2.75, 3.05) is 19.7 Å². The molecule has 4 rings (SSSR count). The first kappa shape index (κ1) is 16.4. The van der Waals surface area contributed by atoms with Gasteiger partial charge in [-0.15, -0.1) is 0 Å². The number of hydrogen-bond donors (Lipinski definition) is 1. The summed E-state index contributed by atoms with van der Waals surface area (Å²) in [6.45, 7) is 2.63. The summed E-state index contributed by atoms with van der Waals surface area (Å²) in [5.41, 5.74) is 5.03. The lowest BCUT2D eigenvalue weighted by Crippen LogP contribution is -2.40. The molecule has 25 heavy (non-hydrogen) atoms. The molecule has 2 aromatic carbocycles. The van der Waals surface area contributed by atoms with Gasteiger partial charge in [-0.05, 0) is 54.8 Å². The Labute approximate surface area is 153 Å². The molecule has 0 spiro atoms. The van der Waals surface area contributed by atoms with Crippen LogP contribution in [0.3, 0.4) is 0 Å². The highest BCUT2D eigenvalue weighted by atomic mass is 35.5. The number of aliphatic imine (C=N–C) groups is 1. The molecule has 0 unspecified atom stereocenters. The number of piperidine rings is 1. The maximum Gasteiger partial charge on any atom is 0.174 e. The molecule has 2 aliphatic heterocycles. The molecule has 1 saturated heterocycles. The highest BCUT2D eigenvalue weighted by Gasteiger charge is 2.35. The maximum absolute atomic E-state index is 6.11. The van der Waals surface area contributed by atoms with Gasteiger partial charge in [0, 0.05) is 22.2 Å². The Hall–Kier alpha value is -2.10. The van der Waals surface area contributed by atoms with Gasteiger partial charge < -0.3 is 10.1 Å². The van der Waals surface area contributed by atoms with Gasteiger partial charge >= 0.3 is 0 Å². The Kier molecular flexibility index (Phi) is 4.60. The third-order valence-corrected chi connectivity index (χ3v) is 5.52. The summed E-state index contributed by atoms with van der Waals surface area (Å²) in [4.78, 5) is 4.09. The zero-order chi connectivity index (χ0) is 17.1. The fraction of sp³-hybridized carbons (Fsp3) is 0.286. The van der Waals surface area contributed by atoms with Crippen molar-refractivity contribution in [2.24, 2.45) is 4.99 Å². The molecule has 2 heterocycles. The molecule has 0 radical (unpaired) electrons. The van der Waals surface area contributed by atoms with Crippen LogP contribution < -0.4 is 5.32 Å². The van der Waals surface area contributed by atoms with E-state index in [4.69, 9.17) is 16.3 Å². The van der Waals surface area contributed by atoms with E-state index in [1.807, 2.05) is 18.3 Å². The van der Waals surface area contributed by atoms with Crippen LogP contribution >= 0.6 is 11.6 Å². The predicted octanol–water partition coefficient (Wildman–Crippen LogP) is 4.41. The van der Waals surface area contributed by atoms with E-state index in [0.717, 1.165) is 36.5 Å². The van der Waals surface area contributed by atoms with Crippen LogP contribution in [0, 0.1) is 0 Å². The average molecular weight is 353 g/mol. The van der Waals surface area contributed by atoms with Crippen molar-refractivity contribution in [3.8, 4) is 0 Å². The number of ether oxygens (including phenoxy) is 1. The van der Waals surface area contributed by atoms with Gasteiger partial charge in [0.1, 0.15) is 6.61 Å². The van der Waals surface area contributed by atoms with Crippen LogP contribution in [-0.2, 0) is 10.2 Å². The zero-order valence-corrected chi connectivity index (χ0v) is 14.8. The largest absolute Gasteiger partial charge is 0.478 e. The van der Waals surface area contributed by atoms with Crippen LogP contribution in [-0.4, -0.2) is 26.1 Å². The molecular formula is C21H21ClN2O. The standard InChI is InChI=1S/C21H21ClN2O/c22-20-7-5-19(6-8-20)21(9-11-23-12-10-21)18-3-1-16(2-4-18)17-13-24-15-25-14-17/h1-8,13,15,23H,9-12,14H2. The Morgan fingerprint density at radius 1 is 0.920 bits per heavy atom. The van der Waals surface area contributed by atoms with Crippen molar-refractivity contribution in [2.45, 2.75) is 18.3 Å². The quantitative estimate of drug-likeness (QED) is 0.887. The van der Waals surface area contributed by atoms with E-state index in [-0.39, 0.29) is 5.41 Å². The lowest BCUT2D eigenvalue weighted by Gasteiger charge is -2.39. The highest BCUT2D eigenvalue weighted by Crippen LogP contribution is 2.41. The molecule has 3 nitrogen and oxygen atoms in total. The van der Waals surface area contributed by atoms with Crippen molar-refractivity contribution in [1.82, 2.24) is 5.32 Å². The number of nitrogens with one attached hydrogen (secondary N) is 1. The summed E-state index contributed by atoms with van der Waals surface area (Å²) >= 11 is 6.11. The van der Waals surface area contributed by atoms with Crippen molar-refractivity contribution in [3.05, 3.63) is 76.4 Å². The molecule has 1 fully saturated rings. The van der Waals surface area contributed by atoms with Crippen LogP contribution in [0.25, 0.3) is 5.57 Å². The molecule has 0 aromatic heterocycles. The Morgan fingerprint density at radius 2 is 1.56 bits per heavy atom. The van der Waals surface area contributed by atoms with Gasteiger partial charge in [-0.1, -0.05) is 48.0 Å². The number of halogens is 1. The minimum Gasteiger partial charge on any atom is -0.478 e. The summed E-state index contributed by atoms with van der Waals surface area (Å²) in [6, 6.07) is 17.2. The van der Waals surface area contributed by atoms with E-state index in [1.54, 1.807) is 0 Å². The normalized spacial score (nSPS) is 19.2. The second-order valence-electron chi connectivity index (χ2n) is 6.64. The molecule has 0 aliphatic carbocycles. The van der Waals surface area contributed by atoms with Gasteiger partial charge in [-0.25, -0.2) is 4.99 Å². The van der Waals surface area contributed by atoms with Gasteiger partial charge in [0.15, 0.2) is 6.40 Å². The Morgan fingerprint density at radius 3 is 2.16 bits per heavy atom. The molecule has 4 heteroatoms. The topological polar surface area (TPSA) is 33.6 Å². The summed E-state index contributed by atoms with van der Waals surface area (Å²) in [5.74, 6) is 0. The van der Waals surface area contributed by atoms with Crippen molar-refractivity contribution in [3.63, 3.8) is 0 Å². The molecule has 0 saturated carbocycles. The highest BCUT2D eigenvalue weighted by molar-refractivity contribution is 6.30. The summed E-state index contributed by atoms with van der Waals surface area (Å²) in [7, 11) is 0. The van der Waals surface area contributed by atoms with Crippen molar-refractivity contribution >= 4 is 23.6 Å². The monoisotopic (exact) mass is 352 g/mol. The van der Waals surface area contributed by atoms with Gasteiger partial charge in [-0.3, -0.25) is 0 Å². The smallest absolute Gasteiger partial charge is 0.174 e. The molecule has 2 aliphatic rings. The molecule has 128 valence electrons. The molecule has 0 atom stereocenters. The molecule has 2 aromatic rings. The number of benzene rings is 2. The minimum atomic E-state index is 0.0456. The van der Waals surface area contributed by atoms with Gasteiger partial charge in [0.05, 0.1) is 0 Å². The average Bonchev–Trinajstić information content (AvgIpc) is 2.70. The van der Waals surface area contributed by atoms with Crippen LogP contribution in [0.15, 0.2) is 59.7 Å². The lowest BCUT2D eigenvalue weighted by molar-refractivity contribution is 0.362. The van der Waals surface area contributed by atoms with Gasteiger partial charge in [0.25, 0.3) is 0 Å². The molecule has 0 bridgehead atoms. The summed E-state index contributed by atoms with van der Waals surface area (Å²) in [5, 5.41) is 4.27. The second kappa shape index (κ2) is 7.03. The summed E-state index contributed by atoms with van der Waals surface area (Å²) < 4.78 is 5.30. The maximum atomic E-state index is 6.11.